The summed E-state index contributed by atoms with van der Waals surface area (Å²) in [5.41, 5.74) is 0.0355. The summed E-state index contributed by atoms with van der Waals surface area (Å²) >= 11 is 0. The normalized spacial score (nSPS) is 19.1. The molecule has 0 amide bonds. The van der Waals surface area contributed by atoms with Gasteiger partial charge in [-0.25, -0.2) is 9.18 Å². The minimum absolute atomic E-state index is 0.0510. The van der Waals surface area contributed by atoms with Gasteiger partial charge in [0.1, 0.15) is 5.69 Å². The number of carboxylic acid groups (broad SMARTS) is 1. The molecule has 8 nitrogen and oxygen atoms in total. The van der Waals surface area contributed by atoms with Crippen LogP contribution in [0.5, 0.6) is 11.5 Å². The number of carbonyl (C=O) groups is 1. The number of fused-ring (bicyclic) bond motifs is 1. The SMILES string of the molecule is CNC(C)(C)[C@@H]1CCN(c2c(F)cc3c(=O)c(OC(=O)O)cn(C4CC4)c3c2OC)C1. The van der Waals surface area contributed by atoms with Crippen molar-refractivity contribution in [2.45, 2.75) is 44.7 Å². The van der Waals surface area contributed by atoms with Gasteiger partial charge in [-0.05, 0) is 52.1 Å². The van der Waals surface area contributed by atoms with Crippen LogP contribution >= 0.6 is 0 Å². The van der Waals surface area contributed by atoms with Crippen molar-refractivity contribution in [3.8, 4) is 11.5 Å². The van der Waals surface area contributed by atoms with Crippen LogP contribution in [0.2, 0.25) is 0 Å². The quantitative estimate of drug-likeness (QED) is 0.675. The van der Waals surface area contributed by atoms with Gasteiger partial charge in [0.05, 0.1) is 24.2 Å². The van der Waals surface area contributed by atoms with E-state index in [2.05, 4.69) is 23.9 Å². The van der Waals surface area contributed by atoms with E-state index in [1.807, 2.05) is 11.9 Å². The number of pyridine rings is 1. The second kappa shape index (κ2) is 7.71. The number of nitrogens with one attached hydrogen (secondary N) is 1. The fraction of sp³-hybridized carbons (Fsp3) is 0.545. The molecule has 1 saturated heterocycles. The predicted molar refractivity (Wildman–Crippen MR) is 115 cm³/mol. The van der Waals surface area contributed by atoms with Gasteiger partial charge in [-0.2, -0.15) is 0 Å². The summed E-state index contributed by atoms with van der Waals surface area (Å²) in [7, 11) is 3.39. The number of nitrogens with zero attached hydrogens (tertiary/aromatic N) is 2. The van der Waals surface area contributed by atoms with Crippen molar-refractivity contribution < 1.29 is 23.8 Å². The minimum atomic E-state index is -1.59. The summed E-state index contributed by atoms with van der Waals surface area (Å²) in [6.07, 6.45) is 2.47. The highest BCUT2D eigenvalue weighted by molar-refractivity contribution is 5.92. The van der Waals surface area contributed by atoms with Crippen LogP contribution in [0.25, 0.3) is 10.9 Å². The highest BCUT2D eigenvalue weighted by atomic mass is 19.1. The van der Waals surface area contributed by atoms with Crippen molar-refractivity contribution in [3.05, 3.63) is 28.3 Å². The number of hydrogen-bond acceptors (Lipinski definition) is 6. The molecule has 2 heterocycles. The Hall–Kier alpha value is -2.81. The Morgan fingerprint density at radius 2 is 2.03 bits per heavy atom. The van der Waals surface area contributed by atoms with Crippen LogP contribution in [-0.2, 0) is 0 Å². The van der Waals surface area contributed by atoms with Crippen LogP contribution < -0.4 is 25.1 Å². The lowest BCUT2D eigenvalue weighted by Gasteiger charge is -2.32. The van der Waals surface area contributed by atoms with E-state index in [4.69, 9.17) is 9.84 Å². The Morgan fingerprint density at radius 3 is 2.61 bits per heavy atom. The van der Waals surface area contributed by atoms with Gasteiger partial charge in [-0.15, -0.1) is 0 Å². The van der Waals surface area contributed by atoms with Gasteiger partial charge in [-0.3, -0.25) is 4.79 Å². The molecule has 2 N–H and O–H groups in total. The fourth-order valence-corrected chi connectivity index (χ4v) is 4.47. The maximum atomic E-state index is 15.4. The number of halogens is 1. The largest absolute Gasteiger partial charge is 0.511 e. The predicted octanol–water partition coefficient (Wildman–Crippen LogP) is 3.37. The summed E-state index contributed by atoms with van der Waals surface area (Å²) in [6.45, 7) is 5.58. The highest BCUT2D eigenvalue weighted by Crippen LogP contribution is 2.45. The number of hydrogen-bond donors (Lipinski definition) is 2. The molecule has 0 radical (unpaired) electrons. The van der Waals surface area contributed by atoms with E-state index in [9.17, 15) is 9.59 Å². The molecule has 0 spiro atoms. The molecule has 0 unspecified atom stereocenters. The van der Waals surface area contributed by atoms with Crippen molar-refractivity contribution in [2.24, 2.45) is 5.92 Å². The summed E-state index contributed by atoms with van der Waals surface area (Å²) in [5, 5.41) is 12.4. The Labute approximate surface area is 179 Å². The van der Waals surface area contributed by atoms with Gasteiger partial charge in [0.2, 0.25) is 5.43 Å². The van der Waals surface area contributed by atoms with Crippen LogP contribution in [0.15, 0.2) is 17.1 Å². The van der Waals surface area contributed by atoms with E-state index < -0.39 is 17.4 Å². The summed E-state index contributed by atoms with van der Waals surface area (Å²) in [4.78, 5) is 25.9. The van der Waals surface area contributed by atoms with Crippen molar-refractivity contribution in [1.82, 2.24) is 9.88 Å². The standard InChI is InChI=1S/C22H28FN3O5/c1-22(2,24-3)12-7-8-25(10-12)18-15(23)9-14-17(20(18)30-4)26(13-5-6-13)11-16(19(14)27)31-21(28)29/h9,11-13,24H,5-8,10H2,1-4H3,(H,28,29)/t12-/m1/s1. The molecule has 1 aliphatic heterocycles. The van der Waals surface area contributed by atoms with Gasteiger partial charge in [-0.1, -0.05) is 0 Å². The maximum absolute atomic E-state index is 15.4. The second-order valence-electron chi connectivity index (χ2n) is 8.87. The topological polar surface area (TPSA) is 93.0 Å². The second-order valence-corrected chi connectivity index (χ2v) is 8.87. The molecule has 168 valence electrons. The van der Waals surface area contributed by atoms with Crippen LogP contribution in [-0.4, -0.2) is 48.6 Å². The average molecular weight is 433 g/mol. The van der Waals surface area contributed by atoms with Crippen LogP contribution in [0.4, 0.5) is 14.9 Å². The number of ether oxygens (including phenoxy) is 2. The molecular formula is C22H28FN3O5. The zero-order chi connectivity index (χ0) is 22.5. The molecule has 0 bridgehead atoms. The molecule has 2 aromatic rings. The van der Waals surface area contributed by atoms with E-state index in [-0.39, 0.29) is 22.7 Å². The fourth-order valence-electron chi connectivity index (χ4n) is 4.47. The smallest absolute Gasteiger partial charge is 0.492 e. The Bertz CT molecular complexity index is 1090. The molecular weight excluding hydrogens is 405 g/mol. The molecule has 1 saturated carbocycles. The van der Waals surface area contributed by atoms with Crippen LogP contribution in [0.3, 0.4) is 0 Å². The Kier molecular flexibility index (Phi) is 5.33. The first kappa shape index (κ1) is 21.4. The highest BCUT2D eigenvalue weighted by Gasteiger charge is 2.37. The van der Waals surface area contributed by atoms with Crippen molar-refractivity contribution in [1.29, 1.82) is 0 Å². The summed E-state index contributed by atoms with van der Waals surface area (Å²) in [5.74, 6) is -0.296. The lowest BCUT2D eigenvalue weighted by atomic mass is 9.87. The minimum Gasteiger partial charge on any atom is -0.492 e. The summed E-state index contributed by atoms with van der Waals surface area (Å²) in [6, 6.07) is 1.26. The third-order valence-electron chi connectivity index (χ3n) is 6.68. The molecule has 1 aliphatic carbocycles. The lowest BCUT2D eigenvalue weighted by molar-refractivity contribution is 0.143. The Balaban J connectivity index is 1.89. The average Bonchev–Trinajstić information content (AvgIpc) is 3.45. The van der Waals surface area contributed by atoms with Gasteiger partial charge >= 0.3 is 6.16 Å². The number of rotatable bonds is 6. The van der Waals surface area contributed by atoms with E-state index in [1.165, 1.54) is 19.4 Å². The number of aromatic nitrogens is 1. The molecule has 1 aromatic carbocycles. The van der Waals surface area contributed by atoms with Crippen LogP contribution in [0.1, 0.15) is 39.2 Å². The van der Waals surface area contributed by atoms with Gasteiger partial charge in [0, 0.05) is 24.7 Å². The number of benzene rings is 1. The van der Waals surface area contributed by atoms with Gasteiger partial charge < -0.3 is 29.4 Å². The van der Waals surface area contributed by atoms with E-state index in [0.29, 0.717) is 36.0 Å². The molecule has 1 aromatic heterocycles. The van der Waals surface area contributed by atoms with E-state index >= 15 is 4.39 Å². The molecule has 9 heteroatoms. The van der Waals surface area contributed by atoms with E-state index in [1.54, 1.807) is 4.57 Å². The van der Waals surface area contributed by atoms with Crippen molar-refractivity contribution in [3.63, 3.8) is 0 Å². The summed E-state index contributed by atoms with van der Waals surface area (Å²) < 4.78 is 27.6. The lowest BCUT2D eigenvalue weighted by Crippen LogP contribution is -2.45. The first-order valence-corrected chi connectivity index (χ1v) is 10.5. The first-order valence-electron chi connectivity index (χ1n) is 10.5. The third kappa shape index (κ3) is 3.71. The van der Waals surface area contributed by atoms with Gasteiger partial charge in [0.15, 0.2) is 17.3 Å². The van der Waals surface area contributed by atoms with Crippen LogP contribution in [0, 0.1) is 11.7 Å². The zero-order valence-corrected chi connectivity index (χ0v) is 18.2. The van der Waals surface area contributed by atoms with Crippen molar-refractivity contribution in [2.75, 3.05) is 32.1 Å². The Morgan fingerprint density at radius 1 is 1.32 bits per heavy atom. The van der Waals surface area contributed by atoms with E-state index in [0.717, 1.165) is 19.3 Å². The zero-order valence-electron chi connectivity index (χ0n) is 18.2. The number of methoxy groups -OCH3 is 1. The van der Waals surface area contributed by atoms with Gasteiger partial charge in [0.25, 0.3) is 0 Å². The molecule has 2 aliphatic rings. The monoisotopic (exact) mass is 433 g/mol. The van der Waals surface area contributed by atoms with Crippen molar-refractivity contribution >= 4 is 22.7 Å². The number of anilines is 1. The molecule has 4 rings (SSSR count). The third-order valence-corrected chi connectivity index (χ3v) is 6.68. The molecule has 2 fully saturated rings. The molecule has 1 atom stereocenters. The maximum Gasteiger partial charge on any atom is 0.511 e. The first-order chi connectivity index (χ1) is 14.7. The molecule has 31 heavy (non-hydrogen) atoms.